The van der Waals surface area contributed by atoms with Crippen LogP contribution in [0, 0.1) is 12.3 Å². The Morgan fingerprint density at radius 1 is 1.43 bits per heavy atom. The molecule has 4 heteroatoms. The summed E-state index contributed by atoms with van der Waals surface area (Å²) in [4.78, 5) is 15.0. The van der Waals surface area contributed by atoms with Crippen LogP contribution in [0.25, 0.3) is 0 Å². The quantitative estimate of drug-likeness (QED) is 0.871. The number of amides is 1. The number of methoxy groups -OCH3 is 1. The Morgan fingerprint density at radius 2 is 2.19 bits per heavy atom. The summed E-state index contributed by atoms with van der Waals surface area (Å²) in [5.74, 6) is 0.208. The maximum Gasteiger partial charge on any atom is 0.232 e. The number of nitrogens with zero attached hydrogens (tertiary/aromatic N) is 1. The Hall–Kier alpha value is -1.39. The molecular weight excluding hydrogens is 264 g/mol. The molecule has 0 radical (unpaired) electrons. The van der Waals surface area contributed by atoms with E-state index in [-0.39, 0.29) is 5.91 Å². The summed E-state index contributed by atoms with van der Waals surface area (Å²) in [6.45, 7) is 7.62. The van der Waals surface area contributed by atoms with E-state index in [9.17, 15) is 4.79 Å². The molecule has 1 unspecified atom stereocenters. The zero-order chi connectivity index (χ0) is 15.3. The molecule has 1 aliphatic heterocycles. The van der Waals surface area contributed by atoms with Gasteiger partial charge in [-0.2, -0.15) is 0 Å². The maximum absolute atomic E-state index is 13.0. The summed E-state index contributed by atoms with van der Waals surface area (Å²) >= 11 is 0. The summed E-state index contributed by atoms with van der Waals surface area (Å²) in [6, 6.07) is 8.25. The molecule has 1 fully saturated rings. The Bertz CT molecular complexity index is 481. The van der Waals surface area contributed by atoms with Crippen molar-refractivity contribution in [1.82, 2.24) is 10.2 Å². The topological polar surface area (TPSA) is 41.6 Å². The van der Waals surface area contributed by atoms with Crippen LogP contribution in [0.15, 0.2) is 24.3 Å². The first-order chi connectivity index (χ1) is 10.1. The average Bonchev–Trinajstić information content (AvgIpc) is 2.96. The van der Waals surface area contributed by atoms with E-state index in [2.05, 4.69) is 24.4 Å². The van der Waals surface area contributed by atoms with E-state index >= 15 is 0 Å². The molecule has 1 saturated heterocycles. The predicted octanol–water partition coefficient (Wildman–Crippen LogP) is 1.97. The SMILES string of the molecule is CCN(Cc1ccccc1C)C(=O)C1(COC)CCNC1. The van der Waals surface area contributed by atoms with Gasteiger partial charge in [-0.3, -0.25) is 4.79 Å². The molecule has 1 amide bonds. The Labute approximate surface area is 127 Å². The predicted molar refractivity (Wildman–Crippen MR) is 84.1 cm³/mol. The highest BCUT2D eigenvalue weighted by Gasteiger charge is 2.43. The van der Waals surface area contributed by atoms with Crippen molar-refractivity contribution in [2.45, 2.75) is 26.8 Å². The van der Waals surface area contributed by atoms with Gasteiger partial charge in [-0.1, -0.05) is 24.3 Å². The molecule has 0 saturated carbocycles. The van der Waals surface area contributed by atoms with E-state index in [1.165, 1.54) is 11.1 Å². The summed E-state index contributed by atoms with van der Waals surface area (Å²) in [5, 5.41) is 3.31. The van der Waals surface area contributed by atoms with Gasteiger partial charge < -0.3 is 15.0 Å². The van der Waals surface area contributed by atoms with Gasteiger partial charge in [0.05, 0.1) is 12.0 Å². The van der Waals surface area contributed by atoms with Gasteiger partial charge in [-0.25, -0.2) is 0 Å². The lowest BCUT2D eigenvalue weighted by Gasteiger charge is -2.33. The molecule has 4 nitrogen and oxygen atoms in total. The monoisotopic (exact) mass is 290 g/mol. The van der Waals surface area contributed by atoms with Crippen molar-refractivity contribution in [3.63, 3.8) is 0 Å². The molecule has 0 aliphatic carbocycles. The van der Waals surface area contributed by atoms with Gasteiger partial charge in [0.15, 0.2) is 0 Å². The number of hydrogen-bond donors (Lipinski definition) is 1. The van der Waals surface area contributed by atoms with Crippen molar-refractivity contribution in [3.05, 3.63) is 35.4 Å². The minimum atomic E-state index is -0.395. The highest BCUT2D eigenvalue weighted by molar-refractivity contribution is 5.83. The lowest BCUT2D eigenvalue weighted by atomic mass is 9.86. The maximum atomic E-state index is 13.0. The van der Waals surface area contributed by atoms with Crippen molar-refractivity contribution in [2.75, 3.05) is 33.4 Å². The number of rotatable bonds is 6. The van der Waals surface area contributed by atoms with Gasteiger partial charge >= 0.3 is 0 Å². The second kappa shape index (κ2) is 7.05. The smallest absolute Gasteiger partial charge is 0.232 e. The minimum absolute atomic E-state index is 0.208. The van der Waals surface area contributed by atoms with Crippen LogP contribution in [0.5, 0.6) is 0 Å². The molecule has 1 heterocycles. The first-order valence-electron chi connectivity index (χ1n) is 7.66. The standard InChI is InChI=1S/C17H26N2O2/c1-4-19(11-15-8-6-5-7-14(15)2)16(20)17(13-21-3)9-10-18-12-17/h5-8,18H,4,9-13H2,1-3H3. The minimum Gasteiger partial charge on any atom is -0.384 e. The number of ether oxygens (including phenoxy) is 1. The molecule has 1 aliphatic rings. The number of benzene rings is 1. The molecule has 1 N–H and O–H groups in total. The number of hydrogen-bond acceptors (Lipinski definition) is 3. The fourth-order valence-corrected chi connectivity index (χ4v) is 3.04. The zero-order valence-corrected chi connectivity index (χ0v) is 13.3. The molecule has 0 spiro atoms. The van der Waals surface area contributed by atoms with Gasteiger partial charge in [0.1, 0.15) is 0 Å². The Morgan fingerprint density at radius 3 is 2.76 bits per heavy atom. The summed E-state index contributed by atoms with van der Waals surface area (Å²) in [5.41, 5.74) is 2.05. The van der Waals surface area contributed by atoms with E-state index in [0.717, 1.165) is 19.5 Å². The van der Waals surface area contributed by atoms with Crippen LogP contribution in [0.4, 0.5) is 0 Å². The van der Waals surface area contributed by atoms with Crippen molar-refractivity contribution >= 4 is 5.91 Å². The molecule has 0 aromatic heterocycles. The van der Waals surface area contributed by atoms with E-state index in [0.29, 0.717) is 19.7 Å². The lowest BCUT2D eigenvalue weighted by molar-refractivity contribution is -0.144. The first-order valence-corrected chi connectivity index (χ1v) is 7.66. The Kier molecular flexibility index (Phi) is 5.37. The molecule has 21 heavy (non-hydrogen) atoms. The normalized spacial score (nSPS) is 21.5. The van der Waals surface area contributed by atoms with Crippen LogP contribution in [-0.4, -0.2) is 44.2 Å². The summed E-state index contributed by atoms with van der Waals surface area (Å²) in [7, 11) is 1.67. The number of carbonyl (C=O) groups excluding carboxylic acids is 1. The largest absolute Gasteiger partial charge is 0.384 e. The fourth-order valence-electron chi connectivity index (χ4n) is 3.04. The van der Waals surface area contributed by atoms with Crippen LogP contribution >= 0.6 is 0 Å². The van der Waals surface area contributed by atoms with Gasteiger partial charge in [0, 0.05) is 26.7 Å². The van der Waals surface area contributed by atoms with Crippen LogP contribution in [0.2, 0.25) is 0 Å². The second-order valence-electron chi connectivity index (χ2n) is 5.89. The average molecular weight is 290 g/mol. The third kappa shape index (κ3) is 3.44. The highest BCUT2D eigenvalue weighted by Crippen LogP contribution is 2.29. The van der Waals surface area contributed by atoms with Gasteiger partial charge in [-0.05, 0) is 37.9 Å². The van der Waals surface area contributed by atoms with Crippen LogP contribution < -0.4 is 5.32 Å². The molecule has 2 rings (SSSR count). The number of carbonyl (C=O) groups is 1. The van der Waals surface area contributed by atoms with E-state index in [1.807, 2.05) is 24.0 Å². The number of nitrogens with one attached hydrogen (secondary N) is 1. The molecular formula is C17H26N2O2. The lowest BCUT2D eigenvalue weighted by Crippen LogP contribution is -2.47. The number of aryl methyl sites for hydroxylation is 1. The van der Waals surface area contributed by atoms with Gasteiger partial charge in [-0.15, -0.1) is 0 Å². The molecule has 1 atom stereocenters. The Balaban J connectivity index is 2.16. The molecule has 0 bridgehead atoms. The molecule has 116 valence electrons. The molecule has 1 aromatic rings. The second-order valence-corrected chi connectivity index (χ2v) is 5.89. The van der Waals surface area contributed by atoms with E-state index in [1.54, 1.807) is 7.11 Å². The van der Waals surface area contributed by atoms with Crippen LogP contribution in [0.3, 0.4) is 0 Å². The zero-order valence-electron chi connectivity index (χ0n) is 13.3. The van der Waals surface area contributed by atoms with Crippen molar-refractivity contribution < 1.29 is 9.53 Å². The van der Waals surface area contributed by atoms with Crippen LogP contribution in [0.1, 0.15) is 24.5 Å². The van der Waals surface area contributed by atoms with E-state index < -0.39 is 5.41 Å². The highest BCUT2D eigenvalue weighted by atomic mass is 16.5. The van der Waals surface area contributed by atoms with Crippen molar-refractivity contribution in [3.8, 4) is 0 Å². The molecule has 1 aromatic carbocycles. The van der Waals surface area contributed by atoms with Crippen molar-refractivity contribution in [2.24, 2.45) is 5.41 Å². The third-order valence-corrected chi connectivity index (χ3v) is 4.41. The first kappa shape index (κ1) is 16.0. The van der Waals surface area contributed by atoms with Gasteiger partial charge in [0.2, 0.25) is 5.91 Å². The van der Waals surface area contributed by atoms with Crippen molar-refractivity contribution in [1.29, 1.82) is 0 Å². The third-order valence-electron chi connectivity index (χ3n) is 4.41. The van der Waals surface area contributed by atoms with E-state index in [4.69, 9.17) is 4.74 Å². The fraction of sp³-hybridized carbons (Fsp3) is 0.588. The summed E-state index contributed by atoms with van der Waals surface area (Å²) < 4.78 is 5.33. The summed E-state index contributed by atoms with van der Waals surface area (Å²) in [6.07, 6.45) is 0.851. The van der Waals surface area contributed by atoms with Crippen LogP contribution in [-0.2, 0) is 16.1 Å². The van der Waals surface area contributed by atoms with Gasteiger partial charge in [0.25, 0.3) is 0 Å².